The van der Waals surface area contributed by atoms with Gasteiger partial charge in [-0.2, -0.15) is 0 Å². The smallest absolute Gasteiger partial charge is 0.138 e. The lowest BCUT2D eigenvalue weighted by atomic mass is 10.2. The first kappa shape index (κ1) is 13.7. The Morgan fingerprint density at radius 3 is 2.48 bits per heavy atom. The Labute approximate surface area is 125 Å². The van der Waals surface area contributed by atoms with Crippen LogP contribution in [0.15, 0.2) is 30.3 Å². The van der Waals surface area contributed by atoms with E-state index in [-0.39, 0.29) is 0 Å². The van der Waals surface area contributed by atoms with E-state index in [1.165, 1.54) is 12.8 Å². The summed E-state index contributed by atoms with van der Waals surface area (Å²) in [5.41, 5.74) is 1.07. The molecular weight excluding hydrogens is 264 g/mol. The fourth-order valence-electron chi connectivity index (χ4n) is 2.21. The van der Waals surface area contributed by atoms with Crippen LogP contribution in [0.1, 0.15) is 24.6 Å². The summed E-state index contributed by atoms with van der Waals surface area (Å²) in [5.74, 6) is 4.09. The van der Waals surface area contributed by atoms with Crippen LogP contribution in [0.3, 0.4) is 0 Å². The van der Waals surface area contributed by atoms with Crippen molar-refractivity contribution in [3.05, 3.63) is 36.2 Å². The Kier molecular flexibility index (Phi) is 3.64. The first-order valence-corrected chi connectivity index (χ1v) is 7.16. The van der Waals surface area contributed by atoms with Crippen molar-refractivity contribution in [1.82, 2.24) is 9.97 Å². The van der Waals surface area contributed by atoms with E-state index in [1.807, 2.05) is 44.4 Å². The monoisotopic (exact) mass is 284 g/mol. The van der Waals surface area contributed by atoms with E-state index in [2.05, 4.69) is 15.2 Å². The molecule has 1 aliphatic rings. The van der Waals surface area contributed by atoms with Crippen molar-refractivity contribution < 1.29 is 4.74 Å². The molecule has 0 saturated heterocycles. The second-order valence-corrected chi connectivity index (χ2v) is 5.25. The predicted molar refractivity (Wildman–Crippen MR) is 84.6 cm³/mol. The standard InChI is InChI=1S/C16H20N4O/c1-17-14-10-15(19-16(18-14)11-4-5-11)20(2)12-6-8-13(21-3)9-7-12/h6-11H,4-5H2,1-3H3,(H,17,18,19). The van der Waals surface area contributed by atoms with Crippen LogP contribution in [0.2, 0.25) is 0 Å². The summed E-state index contributed by atoms with van der Waals surface area (Å²) in [7, 11) is 5.57. The van der Waals surface area contributed by atoms with Gasteiger partial charge in [0.25, 0.3) is 0 Å². The zero-order valence-corrected chi connectivity index (χ0v) is 12.6. The van der Waals surface area contributed by atoms with Gasteiger partial charge >= 0.3 is 0 Å². The number of anilines is 3. The van der Waals surface area contributed by atoms with Crippen LogP contribution >= 0.6 is 0 Å². The molecule has 21 heavy (non-hydrogen) atoms. The lowest BCUT2D eigenvalue weighted by molar-refractivity contribution is 0.415. The van der Waals surface area contributed by atoms with Crippen LogP contribution in [0, 0.1) is 0 Å². The summed E-state index contributed by atoms with van der Waals surface area (Å²) in [6, 6.07) is 9.92. The Morgan fingerprint density at radius 1 is 1.19 bits per heavy atom. The third-order valence-corrected chi connectivity index (χ3v) is 3.73. The molecule has 0 unspecified atom stereocenters. The van der Waals surface area contributed by atoms with E-state index >= 15 is 0 Å². The highest BCUT2D eigenvalue weighted by molar-refractivity contribution is 5.62. The van der Waals surface area contributed by atoms with Gasteiger partial charge in [0.15, 0.2) is 0 Å². The van der Waals surface area contributed by atoms with Gasteiger partial charge < -0.3 is 15.0 Å². The van der Waals surface area contributed by atoms with Crippen LogP contribution in [0.5, 0.6) is 5.75 Å². The molecule has 3 rings (SSSR count). The molecule has 5 nitrogen and oxygen atoms in total. The largest absolute Gasteiger partial charge is 0.497 e. The molecule has 5 heteroatoms. The second-order valence-electron chi connectivity index (χ2n) is 5.25. The van der Waals surface area contributed by atoms with E-state index < -0.39 is 0 Å². The number of benzene rings is 1. The number of aromatic nitrogens is 2. The van der Waals surface area contributed by atoms with Crippen molar-refractivity contribution in [3.8, 4) is 5.75 Å². The van der Waals surface area contributed by atoms with Gasteiger partial charge in [-0.15, -0.1) is 0 Å². The SMILES string of the molecule is CNc1cc(N(C)c2ccc(OC)cc2)nc(C2CC2)n1. The number of hydrogen-bond acceptors (Lipinski definition) is 5. The zero-order chi connectivity index (χ0) is 14.8. The second kappa shape index (κ2) is 5.60. The summed E-state index contributed by atoms with van der Waals surface area (Å²) in [4.78, 5) is 11.3. The molecule has 0 atom stereocenters. The molecule has 1 heterocycles. The van der Waals surface area contributed by atoms with Gasteiger partial charge in [0, 0.05) is 31.8 Å². The fourth-order valence-corrected chi connectivity index (χ4v) is 2.21. The molecule has 1 aliphatic carbocycles. The first-order valence-electron chi connectivity index (χ1n) is 7.16. The van der Waals surface area contributed by atoms with Crippen LogP contribution < -0.4 is 15.0 Å². The molecule has 1 fully saturated rings. The van der Waals surface area contributed by atoms with Gasteiger partial charge in [-0.05, 0) is 37.1 Å². The number of rotatable bonds is 5. The molecule has 0 aliphatic heterocycles. The number of hydrogen-bond donors (Lipinski definition) is 1. The lowest BCUT2D eigenvalue weighted by Crippen LogP contribution is -2.13. The number of ether oxygens (including phenoxy) is 1. The minimum atomic E-state index is 0.529. The summed E-state index contributed by atoms with van der Waals surface area (Å²) in [6.07, 6.45) is 2.39. The molecule has 1 aromatic heterocycles. The topological polar surface area (TPSA) is 50.3 Å². The average molecular weight is 284 g/mol. The van der Waals surface area contributed by atoms with Crippen molar-refractivity contribution in [2.75, 3.05) is 31.4 Å². The molecule has 0 spiro atoms. The van der Waals surface area contributed by atoms with Crippen molar-refractivity contribution in [1.29, 1.82) is 0 Å². The molecule has 2 aromatic rings. The molecular formula is C16H20N4O. The fraction of sp³-hybridized carbons (Fsp3) is 0.375. The average Bonchev–Trinajstić information content (AvgIpc) is 3.38. The van der Waals surface area contributed by atoms with Gasteiger partial charge in [0.1, 0.15) is 23.2 Å². The van der Waals surface area contributed by atoms with E-state index in [0.29, 0.717) is 5.92 Å². The third-order valence-electron chi connectivity index (χ3n) is 3.73. The van der Waals surface area contributed by atoms with Crippen molar-refractivity contribution in [2.24, 2.45) is 0 Å². The molecule has 0 bridgehead atoms. The number of nitrogens with one attached hydrogen (secondary N) is 1. The molecule has 0 amide bonds. The van der Waals surface area contributed by atoms with Crippen molar-refractivity contribution in [2.45, 2.75) is 18.8 Å². The zero-order valence-electron chi connectivity index (χ0n) is 12.6. The minimum absolute atomic E-state index is 0.529. The summed E-state index contributed by atoms with van der Waals surface area (Å²) >= 11 is 0. The maximum absolute atomic E-state index is 5.20. The Bertz CT molecular complexity index is 623. The first-order chi connectivity index (χ1) is 10.2. The van der Waals surface area contributed by atoms with Crippen molar-refractivity contribution >= 4 is 17.3 Å². The maximum atomic E-state index is 5.20. The van der Waals surface area contributed by atoms with Crippen LogP contribution in [0.25, 0.3) is 0 Å². The summed E-state index contributed by atoms with van der Waals surface area (Å²) in [6.45, 7) is 0. The van der Waals surface area contributed by atoms with Crippen LogP contribution in [-0.2, 0) is 0 Å². The lowest BCUT2D eigenvalue weighted by Gasteiger charge is -2.20. The maximum Gasteiger partial charge on any atom is 0.138 e. The Morgan fingerprint density at radius 2 is 1.90 bits per heavy atom. The molecule has 0 radical (unpaired) electrons. The molecule has 1 saturated carbocycles. The Hall–Kier alpha value is -2.30. The van der Waals surface area contributed by atoms with Crippen molar-refractivity contribution in [3.63, 3.8) is 0 Å². The van der Waals surface area contributed by atoms with Gasteiger partial charge in [-0.25, -0.2) is 9.97 Å². The van der Waals surface area contributed by atoms with E-state index in [0.717, 1.165) is 28.9 Å². The highest BCUT2D eigenvalue weighted by Crippen LogP contribution is 2.39. The van der Waals surface area contributed by atoms with E-state index in [9.17, 15) is 0 Å². The van der Waals surface area contributed by atoms with Gasteiger partial charge in [0.2, 0.25) is 0 Å². The normalized spacial score (nSPS) is 13.9. The van der Waals surface area contributed by atoms with E-state index in [1.54, 1.807) is 7.11 Å². The number of methoxy groups -OCH3 is 1. The minimum Gasteiger partial charge on any atom is -0.497 e. The highest BCUT2D eigenvalue weighted by Gasteiger charge is 2.27. The van der Waals surface area contributed by atoms with Gasteiger partial charge in [-0.1, -0.05) is 0 Å². The van der Waals surface area contributed by atoms with Crippen LogP contribution in [0.4, 0.5) is 17.3 Å². The van der Waals surface area contributed by atoms with Gasteiger partial charge in [0.05, 0.1) is 7.11 Å². The summed E-state index contributed by atoms with van der Waals surface area (Å²) in [5, 5.41) is 3.12. The molecule has 1 N–H and O–H groups in total. The predicted octanol–water partition coefficient (Wildman–Crippen LogP) is 3.17. The highest BCUT2D eigenvalue weighted by atomic mass is 16.5. The quantitative estimate of drug-likeness (QED) is 0.914. The van der Waals surface area contributed by atoms with Crippen LogP contribution in [-0.4, -0.2) is 31.2 Å². The third kappa shape index (κ3) is 2.91. The van der Waals surface area contributed by atoms with Gasteiger partial charge in [-0.3, -0.25) is 0 Å². The number of nitrogens with zero attached hydrogens (tertiary/aromatic N) is 3. The Balaban J connectivity index is 1.91. The molecule has 1 aromatic carbocycles. The van der Waals surface area contributed by atoms with E-state index in [4.69, 9.17) is 9.72 Å². The molecule has 110 valence electrons. The summed E-state index contributed by atoms with van der Waals surface area (Å²) < 4.78 is 5.20.